The normalized spacial score (nSPS) is 14.6. The van der Waals surface area contributed by atoms with Crippen LogP contribution >= 0.6 is 11.6 Å². The third kappa shape index (κ3) is 3.48. The Morgan fingerprint density at radius 3 is 2.81 bits per heavy atom. The van der Waals surface area contributed by atoms with Crippen LogP contribution in [0.4, 0.5) is 11.6 Å². The van der Waals surface area contributed by atoms with Gasteiger partial charge in [-0.3, -0.25) is 9.36 Å². The molecule has 3 aromatic heterocycles. The van der Waals surface area contributed by atoms with Crippen LogP contribution in [0.15, 0.2) is 39.9 Å². The summed E-state index contributed by atoms with van der Waals surface area (Å²) in [5.74, 6) is 2.33. The lowest BCUT2D eigenvalue weighted by Gasteiger charge is -2.23. The molecule has 0 amide bonds. The molecule has 1 atom stereocenters. The van der Waals surface area contributed by atoms with Crippen LogP contribution in [-0.4, -0.2) is 24.5 Å². The molecule has 4 aromatic rings. The fraction of sp³-hybridized carbons (Fsp3) is 0.318. The molecular formula is C22H22ClN7O2. The second-order valence-electron chi connectivity index (χ2n) is 7.87. The fourth-order valence-electron chi connectivity index (χ4n) is 3.85. The first-order valence-electron chi connectivity index (χ1n) is 10.5. The molecule has 164 valence electrons. The highest BCUT2D eigenvalue weighted by Gasteiger charge is 2.32. The number of nitrogens with zero attached hydrogens (tertiary/aromatic N) is 5. The quantitative estimate of drug-likeness (QED) is 0.445. The molecule has 3 heterocycles. The number of hydrogen-bond acceptors (Lipinski definition) is 8. The minimum Gasteiger partial charge on any atom is -0.441 e. The maximum atomic E-state index is 13.4. The Hall–Kier alpha value is -3.46. The molecule has 1 aromatic carbocycles. The van der Waals surface area contributed by atoms with Crippen molar-refractivity contribution < 1.29 is 4.42 Å². The van der Waals surface area contributed by atoms with Crippen molar-refractivity contribution in [2.24, 2.45) is 0 Å². The van der Waals surface area contributed by atoms with E-state index in [1.165, 1.54) is 6.33 Å². The molecule has 1 fully saturated rings. The Morgan fingerprint density at radius 1 is 1.31 bits per heavy atom. The van der Waals surface area contributed by atoms with Gasteiger partial charge in [-0.1, -0.05) is 24.6 Å². The van der Waals surface area contributed by atoms with Crippen molar-refractivity contribution in [2.75, 3.05) is 11.1 Å². The topological polar surface area (TPSA) is 125 Å². The van der Waals surface area contributed by atoms with Crippen LogP contribution in [0.3, 0.4) is 0 Å². The summed E-state index contributed by atoms with van der Waals surface area (Å²) in [5.41, 5.74) is 7.07. The first-order chi connectivity index (χ1) is 15.5. The van der Waals surface area contributed by atoms with Gasteiger partial charge in [-0.2, -0.15) is 0 Å². The average Bonchev–Trinajstić information content (AvgIpc) is 3.51. The largest absolute Gasteiger partial charge is 0.441 e. The van der Waals surface area contributed by atoms with Crippen molar-refractivity contribution in [3.63, 3.8) is 0 Å². The third-order valence-corrected chi connectivity index (χ3v) is 5.88. The predicted octanol–water partition coefficient (Wildman–Crippen LogP) is 4.28. The first kappa shape index (κ1) is 20.4. The molecule has 10 heteroatoms. The summed E-state index contributed by atoms with van der Waals surface area (Å²) in [4.78, 5) is 31.0. The summed E-state index contributed by atoms with van der Waals surface area (Å²) in [7, 11) is 0. The molecule has 1 aliphatic carbocycles. The minimum absolute atomic E-state index is 0.117. The molecule has 1 unspecified atom stereocenters. The Bertz CT molecular complexity index is 1380. The average molecular weight is 452 g/mol. The zero-order valence-electron chi connectivity index (χ0n) is 17.7. The zero-order chi connectivity index (χ0) is 22.4. The number of aryl methyl sites for hydroxylation is 1. The number of hydrogen-bond donors (Lipinski definition) is 2. The molecule has 0 radical (unpaired) electrons. The molecule has 9 nitrogen and oxygen atoms in total. The number of fused-ring (bicyclic) bond motifs is 1. The van der Waals surface area contributed by atoms with Gasteiger partial charge in [-0.25, -0.2) is 19.9 Å². The van der Waals surface area contributed by atoms with Gasteiger partial charge >= 0.3 is 0 Å². The molecule has 5 rings (SSSR count). The highest BCUT2D eigenvalue weighted by Crippen LogP contribution is 2.38. The number of halogens is 1. The number of oxazole rings is 1. The van der Waals surface area contributed by atoms with Gasteiger partial charge in [-0.05, 0) is 38.3 Å². The van der Waals surface area contributed by atoms with E-state index in [9.17, 15) is 4.79 Å². The number of anilines is 2. The molecule has 1 saturated carbocycles. The second-order valence-corrected chi connectivity index (χ2v) is 8.28. The van der Waals surface area contributed by atoms with Crippen LogP contribution in [0.1, 0.15) is 49.9 Å². The van der Waals surface area contributed by atoms with Crippen molar-refractivity contribution in [3.05, 3.63) is 57.7 Å². The highest BCUT2D eigenvalue weighted by atomic mass is 35.5. The summed E-state index contributed by atoms with van der Waals surface area (Å²) in [6.07, 6.45) is 5.51. The smallest absolute Gasteiger partial charge is 0.263 e. The van der Waals surface area contributed by atoms with Crippen molar-refractivity contribution in [1.29, 1.82) is 0 Å². The van der Waals surface area contributed by atoms with E-state index in [0.29, 0.717) is 51.2 Å². The van der Waals surface area contributed by atoms with Crippen molar-refractivity contribution >= 4 is 34.1 Å². The Labute approximate surface area is 188 Å². The number of rotatable bonds is 6. The molecular weight excluding hydrogens is 430 g/mol. The van der Waals surface area contributed by atoms with Crippen LogP contribution in [0.25, 0.3) is 22.4 Å². The number of nitrogen functional groups attached to an aromatic ring is 1. The molecule has 3 N–H and O–H groups in total. The van der Waals surface area contributed by atoms with Gasteiger partial charge in [0.05, 0.1) is 28.2 Å². The van der Waals surface area contributed by atoms with E-state index in [-0.39, 0.29) is 23.5 Å². The fourth-order valence-corrected chi connectivity index (χ4v) is 4.11. The lowest BCUT2D eigenvalue weighted by Crippen LogP contribution is -2.29. The van der Waals surface area contributed by atoms with Crippen LogP contribution in [0.2, 0.25) is 5.02 Å². The van der Waals surface area contributed by atoms with E-state index in [0.717, 1.165) is 12.8 Å². The maximum Gasteiger partial charge on any atom is 0.263 e. The first-order valence-corrected chi connectivity index (χ1v) is 10.9. The van der Waals surface area contributed by atoms with E-state index >= 15 is 0 Å². The van der Waals surface area contributed by atoms with Crippen LogP contribution < -0.4 is 16.6 Å². The van der Waals surface area contributed by atoms with E-state index in [1.54, 1.807) is 35.9 Å². The van der Waals surface area contributed by atoms with Gasteiger partial charge in [0.2, 0.25) is 5.89 Å². The molecule has 1 aliphatic rings. The Kier molecular flexibility index (Phi) is 5.05. The van der Waals surface area contributed by atoms with Gasteiger partial charge in [0.25, 0.3) is 5.56 Å². The standard InChI is InChI=1S/C22H22ClN7O2/c1-3-14(28-19-17(18(24)26-10-27-19)21-25-9-11(2)32-21)20-29-15-6-4-5-13(23)16(15)22(31)30(20)12-7-8-12/h4-6,9-10,12,14H,3,7-8H2,1-2H3,(H3,24,26,27,28). The summed E-state index contributed by atoms with van der Waals surface area (Å²) >= 11 is 6.35. The maximum absolute atomic E-state index is 13.4. The summed E-state index contributed by atoms with van der Waals surface area (Å²) in [6, 6.07) is 5.12. The van der Waals surface area contributed by atoms with Crippen LogP contribution in [0, 0.1) is 6.92 Å². The second kappa shape index (κ2) is 7.90. The van der Waals surface area contributed by atoms with Gasteiger partial charge in [-0.15, -0.1) is 0 Å². The lowest BCUT2D eigenvalue weighted by atomic mass is 10.1. The summed E-state index contributed by atoms with van der Waals surface area (Å²) < 4.78 is 7.45. The SMILES string of the molecule is CCC(Nc1ncnc(N)c1-c1ncc(C)o1)c1nc2cccc(Cl)c2c(=O)n1C1CC1. The van der Waals surface area contributed by atoms with Crippen molar-refractivity contribution in [3.8, 4) is 11.5 Å². The zero-order valence-corrected chi connectivity index (χ0v) is 18.4. The van der Waals surface area contributed by atoms with E-state index < -0.39 is 0 Å². The molecule has 0 bridgehead atoms. The number of benzene rings is 1. The van der Waals surface area contributed by atoms with Gasteiger partial charge < -0.3 is 15.5 Å². The highest BCUT2D eigenvalue weighted by molar-refractivity contribution is 6.35. The lowest BCUT2D eigenvalue weighted by molar-refractivity contribution is 0.542. The third-order valence-electron chi connectivity index (χ3n) is 5.56. The van der Waals surface area contributed by atoms with Gasteiger partial charge in [0.15, 0.2) is 0 Å². The molecule has 32 heavy (non-hydrogen) atoms. The molecule has 0 spiro atoms. The summed E-state index contributed by atoms with van der Waals surface area (Å²) in [5, 5.41) is 4.26. The van der Waals surface area contributed by atoms with Crippen molar-refractivity contribution in [2.45, 2.75) is 45.2 Å². The van der Waals surface area contributed by atoms with Gasteiger partial charge in [0, 0.05) is 6.04 Å². The molecule has 0 aliphatic heterocycles. The van der Waals surface area contributed by atoms with Crippen LogP contribution in [-0.2, 0) is 0 Å². The van der Waals surface area contributed by atoms with Crippen LogP contribution in [0.5, 0.6) is 0 Å². The number of nitrogens with two attached hydrogens (primary N) is 1. The number of aromatic nitrogens is 5. The molecule has 0 saturated heterocycles. The van der Waals surface area contributed by atoms with Gasteiger partial charge in [0.1, 0.15) is 35.1 Å². The Balaban J connectivity index is 1.64. The summed E-state index contributed by atoms with van der Waals surface area (Å²) in [6.45, 7) is 3.82. The van der Waals surface area contributed by atoms with E-state index in [4.69, 9.17) is 26.7 Å². The van der Waals surface area contributed by atoms with Crippen molar-refractivity contribution in [1.82, 2.24) is 24.5 Å². The monoisotopic (exact) mass is 451 g/mol. The number of nitrogens with one attached hydrogen (secondary N) is 1. The minimum atomic E-state index is -0.309. The predicted molar refractivity (Wildman–Crippen MR) is 123 cm³/mol. The Morgan fingerprint density at radius 2 is 2.12 bits per heavy atom. The van der Waals surface area contributed by atoms with E-state index in [1.807, 2.05) is 6.92 Å². The van der Waals surface area contributed by atoms with E-state index in [2.05, 4.69) is 20.3 Å².